The van der Waals surface area contributed by atoms with Gasteiger partial charge in [0.05, 0.1) is 0 Å². The van der Waals surface area contributed by atoms with Crippen LogP contribution in [0.2, 0.25) is 0 Å². The van der Waals surface area contributed by atoms with E-state index in [2.05, 4.69) is 0 Å². The Morgan fingerprint density at radius 1 is 0.818 bits per heavy atom. The fourth-order valence-corrected chi connectivity index (χ4v) is 0.428. The number of hydrogen-bond acceptors (Lipinski definition) is 1. The van der Waals surface area contributed by atoms with Crippen LogP contribution >= 0.6 is 0 Å². The van der Waals surface area contributed by atoms with E-state index in [1.807, 2.05) is 6.07 Å². The molecule has 11 heavy (non-hydrogen) atoms. The fraction of sp³-hybridized carbons (Fsp3) is 0. The number of para-hydroxylation sites is 1. The molecule has 0 fully saturated rings. The van der Waals surface area contributed by atoms with Crippen LogP contribution in [0.1, 0.15) is 0 Å². The molecule has 0 aromatic heterocycles. The average Bonchev–Trinajstić information content (AvgIpc) is 1.69. The van der Waals surface area contributed by atoms with Crippen LogP contribution in [-0.2, 0) is 19.5 Å². The van der Waals surface area contributed by atoms with Gasteiger partial charge in [0.1, 0.15) is 5.75 Å². The van der Waals surface area contributed by atoms with Crippen LogP contribution in [0, 0.1) is 0 Å². The molecule has 5 heteroatoms. The maximum absolute atomic E-state index is 8.63. The second-order valence-corrected chi connectivity index (χ2v) is 1.34. The molecule has 0 atom stereocenters. The Hall–Kier alpha value is 0.513. The molecular weight excluding hydrogens is 295 g/mol. The van der Waals surface area contributed by atoms with E-state index >= 15 is 0 Å². The van der Waals surface area contributed by atoms with Crippen LogP contribution < -0.4 is 37.2 Å². The molecule has 1 radical (unpaired) electrons. The second kappa shape index (κ2) is 13.1. The van der Waals surface area contributed by atoms with Gasteiger partial charge in [-0.05, 0) is 12.1 Å². The first kappa shape index (κ1) is 22.5. The second-order valence-electron chi connectivity index (χ2n) is 1.34. The van der Waals surface area contributed by atoms with Crippen LogP contribution in [0.25, 0.3) is 0 Å². The Bertz CT molecular complexity index is 148. The van der Waals surface area contributed by atoms with Gasteiger partial charge in [-0.1, -0.05) is 18.2 Å². The third-order valence-electron chi connectivity index (χ3n) is 0.756. The van der Waals surface area contributed by atoms with Crippen molar-refractivity contribution in [2.45, 2.75) is 0 Å². The molecule has 0 bridgehead atoms. The molecule has 0 heterocycles. The van der Waals surface area contributed by atoms with Gasteiger partial charge in [-0.2, -0.15) is 0 Å². The molecule has 1 N–H and O–H groups in total. The Kier molecular flexibility index (Phi) is 26.9. The largest absolute Gasteiger partial charge is 3.00 e. The zero-order chi connectivity index (χ0) is 5.11. The van der Waals surface area contributed by atoms with E-state index in [0.29, 0.717) is 5.75 Å². The molecule has 1 aromatic carbocycles. The summed E-state index contributed by atoms with van der Waals surface area (Å²) in [5.74, 6) is 0.322. The molecular formula is C6H6Cl3ORu. The number of rotatable bonds is 0. The van der Waals surface area contributed by atoms with E-state index < -0.39 is 0 Å². The molecule has 0 aliphatic rings. The monoisotopic (exact) mass is 301 g/mol. The summed E-state index contributed by atoms with van der Waals surface area (Å²) in [5, 5.41) is 8.63. The van der Waals surface area contributed by atoms with Gasteiger partial charge in [-0.3, -0.25) is 0 Å². The van der Waals surface area contributed by atoms with Crippen molar-refractivity contribution < 1.29 is 61.8 Å². The third-order valence-corrected chi connectivity index (χ3v) is 0.756. The summed E-state index contributed by atoms with van der Waals surface area (Å²) in [6.07, 6.45) is 0. The standard InChI is InChI=1S/C6H6O.3ClH.Ru/c7-6-4-2-1-3-5-6;;;;/h1-5,7H;3*1H;/q;;;;+3/p-3. The van der Waals surface area contributed by atoms with Crippen LogP contribution in [0.15, 0.2) is 30.3 Å². The van der Waals surface area contributed by atoms with Crippen molar-refractivity contribution >= 4 is 0 Å². The average molecular weight is 302 g/mol. The normalized spacial score (nSPS) is 5.45. The fourth-order valence-electron chi connectivity index (χ4n) is 0.428. The first-order valence-electron chi connectivity index (χ1n) is 2.13. The van der Waals surface area contributed by atoms with Crippen molar-refractivity contribution in [2.24, 2.45) is 0 Å². The Balaban J connectivity index is -0.0000000612. The Labute approximate surface area is 97.6 Å². The topological polar surface area (TPSA) is 20.2 Å². The van der Waals surface area contributed by atoms with Gasteiger partial charge in [-0.15, -0.1) is 0 Å². The van der Waals surface area contributed by atoms with Gasteiger partial charge in [0.2, 0.25) is 0 Å². The van der Waals surface area contributed by atoms with Gasteiger partial charge in [0.15, 0.2) is 0 Å². The number of aromatic hydroxyl groups is 1. The first-order valence-corrected chi connectivity index (χ1v) is 2.13. The van der Waals surface area contributed by atoms with Gasteiger partial charge in [0, 0.05) is 0 Å². The van der Waals surface area contributed by atoms with Gasteiger partial charge in [-0.25, -0.2) is 0 Å². The van der Waals surface area contributed by atoms with E-state index in [-0.39, 0.29) is 56.7 Å². The van der Waals surface area contributed by atoms with E-state index in [1.165, 1.54) is 0 Å². The van der Waals surface area contributed by atoms with E-state index in [9.17, 15) is 0 Å². The maximum Gasteiger partial charge on any atom is 3.00 e. The molecule has 0 amide bonds. The molecule has 1 aromatic rings. The SMILES string of the molecule is Oc1ccccc1.[Cl-].[Cl-].[Cl-].[Ru+3]. The Morgan fingerprint density at radius 3 is 1.36 bits per heavy atom. The number of phenolic OH excluding ortho intramolecular Hbond substituents is 1. The number of phenols is 1. The predicted molar refractivity (Wildman–Crippen MR) is 28.1 cm³/mol. The molecule has 65 valence electrons. The van der Waals surface area contributed by atoms with E-state index in [0.717, 1.165) is 0 Å². The quantitative estimate of drug-likeness (QED) is 0.472. The molecule has 0 spiro atoms. The van der Waals surface area contributed by atoms with Crippen LogP contribution in [0.4, 0.5) is 0 Å². The molecule has 0 unspecified atom stereocenters. The van der Waals surface area contributed by atoms with E-state index in [1.54, 1.807) is 24.3 Å². The number of halogens is 3. The summed E-state index contributed by atoms with van der Waals surface area (Å²) in [6.45, 7) is 0. The summed E-state index contributed by atoms with van der Waals surface area (Å²) < 4.78 is 0. The summed E-state index contributed by atoms with van der Waals surface area (Å²) in [4.78, 5) is 0. The van der Waals surface area contributed by atoms with Gasteiger partial charge >= 0.3 is 19.5 Å². The van der Waals surface area contributed by atoms with Crippen LogP contribution in [0.5, 0.6) is 5.75 Å². The predicted octanol–water partition coefficient (Wildman–Crippen LogP) is -7.60. The zero-order valence-corrected chi connectivity index (χ0v) is 9.33. The Morgan fingerprint density at radius 2 is 1.18 bits per heavy atom. The minimum atomic E-state index is 0. The van der Waals surface area contributed by atoms with Crippen LogP contribution in [-0.4, -0.2) is 5.11 Å². The van der Waals surface area contributed by atoms with Crippen molar-refractivity contribution in [3.63, 3.8) is 0 Å². The van der Waals surface area contributed by atoms with E-state index in [4.69, 9.17) is 5.11 Å². The molecule has 1 rings (SSSR count). The summed E-state index contributed by atoms with van der Waals surface area (Å²) >= 11 is 0. The van der Waals surface area contributed by atoms with Crippen molar-refractivity contribution in [3.05, 3.63) is 30.3 Å². The summed E-state index contributed by atoms with van der Waals surface area (Å²) in [5.41, 5.74) is 0. The van der Waals surface area contributed by atoms with Gasteiger partial charge in [0.25, 0.3) is 0 Å². The maximum atomic E-state index is 8.63. The van der Waals surface area contributed by atoms with Gasteiger partial charge < -0.3 is 42.3 Å². The van der Waals surface area contributed by atoms with Crippen LogP contribution in [0.3, 0.4) is 0 Å². The minimum Gasteiger partial charge on any atom is -1.00 e. The molecule has 0 saturated carbocycles. The smallest absolute Gasteiger partial charge is 1.00 e. The minimum absolute atomic E-state index is 0. The zero-order valence-electron chi connectivity index (χ0n) is 5.32. The summed E-state index contributed by atoms with van der Waals surface area (Å²) in [6, 6.07) is 8.71. The molecule has 0 aliphatic heterocycles. The third kappa shape index (κ3) is 10.5. The number of hydrogen-bond donors (Lipinski definition) is 1. The molecule has 0 aliphatic carbocycles. The van der Waals surface area contributed by atoms with Crippen molar-refractivity contribution in [2.75, 3.05) is 0 Å². The van der Waals surface area contributed by atoms with Crippen molar-refractivity contribution in [1.29, 1.82) is 0 Å². The van der Waals surface area contributed by atoms with Crippen molar-refractivity contribution in [1.82, 2.24) is 0 Å². The van der Waals surface area contributed by atoms with Crippen molar-refractivity contribution in [3.8, 4) is 5.75 Å². The first-order chi connectivity index (χ1) is 3.39. The number of benzene rings is 1. The molecule has 0 saturated heterocycles. The molecule has 1 nitrogen and oxygen atoms in total. The summed E-state index contributed by atoms with van der Waals surface area (Å²) in [7, 11) is 0.